The van der Waals surface area contributed by atoms with Crippen molar-refractivity contribution in [1.82, 2.24) is 0 Å². The van der Waals surface area contributed by atoms with Gasteiger partial charge in [-0.2, -0.15) is 0 Å². The van der Waals surface area contributed by atoms with Gasteiger partial charge in [0.1, 0.15) is 5.75 Å². The summed E-state index contributed by atoms with van der Waals surface area (Å²) >= 11 is 1.96. The van der Waals surface area contributed by atoms with Crippen LogP contribution < -0.4 is 0 Å². The van der Waals surface area contributed by atoms with E-state index in [-0.39, 0.29) is 15.6 Å². The molecule has 0 radical (unpaired) electrons. The van der Waals surface area contributed by atoms with Crippen LogP contribution >= 0.6 is 11.8 Å². The van der Waals surface area contributed by atoms with Crippen molar-refractivity contribution in [3.63, 3.8) is 0 Å². The molecule has 1 aliphatic heterocycles. The molecule has 0 spiro atoms. The second-order valence-corrected chi connectivity index (χ2v) is 8.16. The van der Waals surface area contributed by atoms with Crippen LogP contribution in [0, 0.1) is 0 Å². The van der Waals surface area contributed by atoms with Crippen LogP contribution in [-0.4, -0.2) is 27.5 Å². The summed E-state index contributed by atoms with van der Waals surface area (Å²) in [6, 6.07) is 16.4. The average molecular weight is 334 g/mol. The topological polar surface area (TPSA) is 72.0 Å². The Balaban J connectivity index is 0.000000849. The molecule has 1 unspecified atom stereocenters. The van der Waals surface area contributed by atoms with Gasteiger partial charge >= 0.3 is 0 Å². The summed E-state index contributed by atoms with van der Waals surface area (Å²) in [5, 5.41) is 16.5. The van der Waals surface area contributed by atoms with Gasteiger partial charge in [0, 0.05) is 22.2 Å². The Morgan fingerprint density at radius 1 is 0.913 bits per heavy atom. The van der Waals surface area contributed by atoms with Crippen LogP contribution in [0.3, 0.4) is 0 Å². The number of hydrogen-bond acceptors (Lipinski definition) is 3. The minimum atomic E-state index is -0.000949. The summed E-state index contributed by atoms with van der Waals surface area (Å²) in [7, 11) is 1.00. The second-order valence-electron chi connectivity index (χ2n) is 6.41. The third-order valence-electron chi connectivity index (χ3n) is 4.15. The summed E-state index contributed by atoms with van der Waals surface area (Å²) in [5.74, 6) is 0.329. The molecule has 126 valence electrons. The maximum Gasteiger partial charge on any atom is 0.115 e. The number of hydrogen-bond donors (Lipinski definition) is 2. The highest BCUT2D eigenvalue weighted by atomic mass is 32.2. The van der Waals surface area contributed by atoms with Gasteiger partial charge in [-0.25, -0.2) is 0 Å². The van der Waals surface area contributed by atoms with Crippen molar-refractivity contribution < 1.29 is 15.7 Å². The number of benzene rings is 2. The molecule has 0 aromatic heterocycles. The van der Waals surface area contributed by atoms with Crippen molar-refractivity contribution >= 4 is 11.8 Å². The molecule has 4 N–H and O–H groups in total. The molecule has 1 aliphatic rings. The highest BCUT2D eigenvalue weighted by Gasteiger charge is 2.41. The van der Waals surface area contributed by atoms with E-state index in [1.807, 2.05) is 11.8 Å². The SMILES string of the molecule is CC1(C)CC(C)(c2ccc(O)cc2)c2ccccc2S1.CO.O. The standard InChI is InChI=1S/C18H20OS.CH4O.H2O/c1-17(2)12-18(3,13-8-10-14(19)11-9-13)15-6-4-5-7-16(15)20-17;1-2;/h4-11,19H,12H2,1-3H3;2H,1H3;1H2. The molecule has 1 atom stereocenters. The quantitative estimate of drug-likeness (QED) is 0.834. The van der Waals surface area contributed by atoms with Crippen LogP contribution in [0.1, 0.15) is 38.3 Å². The van der Waals surface area contributed by atoms with Gasteiger partial charge in [-0.3, -0.25) is 0 Å². The van der Waals surface area contributed by atoms with Crippen molar-refractivity contribution in [2.24, 2.45) is 0 Å². The molecular weight excluding hydrogens is 308 g/mol. The van der Waals surface area contributed by atoms with Gasteiger partial charge < -0.3 is 15.7 Å². The number of thioether (sulfide) groups is 1. The molecule has 2 aromatic carbocycles. The highest BCUT2D eigenvalue weighted by Crippen LogP contribution is 2.53. The van der Waals surface area contributed by atoms with Crippen molar-refractivity contribution in [3.8, 4) is 5.75 Å². The third kappa shape index (κ3) is 3.89. The third-order valence-corrected chi connectivity index (χ3v) is 5.42. The lowest BCUT2D eigenvalue weighted by molar-refractivity contribution is 0.399. The number of fused-ring (bicyclic) bond motifs is 1. The molecule has 0 fully saturated rings. The van der Waals surface area contributed by atoms with E-state index in [1.54, 1.807) is 12.1 Å². The molecule has 0 bridgehead atoms. The van der Waals surface area contributed by atoms with Gasteiger partial charge in [-0.1, -0.05) is 51.1 Å². The molecule has 4 heteroatoms. The van der Waals surface area contributed by atoms with Crippen molar-refractivity contribution in [3.05, 3.63) is 59.7 Å². The van der Waals surface area contributed by atoms with Gasteiger partial charge in [0.2, 0.25) is 0 Å². The Kier molecular flexibility index (Phi) is 6.28. The summed E-state index contributed by atoms with van der Waals surface area (Å²) in [6.07, 6.45) is 1.09. The maximum absolute atomic E-state index is 9.53. The van der Waals surface area contributed by atoms with E-state index < -0.39 is 0 Å². The largest absolute Gasteiger partial charge is 0.508 e. The Bertz CT molecular complexity index is 637. The first-order valence-electron chi connectivity index (χ1n) is 7.43. The molecule has 0 aliphatic carbocycles. The van der Waals surface area contributed by atoms with Crippen LogP contribution in [0.4, 0.5) is 0 Å². The van der Waals surface area contributed by atoms with Gasteiger partial charge in [0.05, 0.1) is 0 Å². The van der Waals surface area contributed by atoms with Crippen molar-refractivity contribution in [2.45, 2.75) is 42.2 Å². The smallest absolute Gasteiger partial charge is 0.115 e. The molecule has 1 heterocycles. The molecule has 3 nitrogen and oxygen atoms in total. The zero-order valence-corrected chi connectivity index (χ0v) is 14.9. The molecule has 23 heavy (non-hydrogen) atoms. The predicted octanol–water partition coefficient (Wildman–Crippen LogP) is 3.76. The maximum atomic E-state index is 9.53. The fourth-order valence-electron chi connectivity index (χ4n) is 3.38. The normalized spacial score (nSPS) is 21.3. The summed E-state index contributed by atoms with van der Waals surface area (Å²) < 4.78 is 0.209. The number of phenolic OH excluding ortho intramolecular Hbond substituents is 1. The Morgan fingerprint density at radius 3 is 2.09 bits per heavy atom. The zero-order valence-electron chi connectivity index (χ0n) is 14.1. The number of aliphatic hydroxyl groups excluding tert-OH is 1. The molecule has 3 rings (SSSR count). The van der Waals surface area contributed by atoms with E-state index in [4.69, 9.17) is 5.11 Å². The molecule has 0 saturated carbocycles. The summed E-state index contributed by atoms with van der Waals surface area (Å²) in [6.45, 7) is 6.94. The highest BCUT2D eigenvalue weighted by molar-refractivity contribution is 8.00. The van der Waals surface area contributed by atoms with E-state index in [0.717, 1.165) is 13.5 Å². The summed E-state index contributed by atoms with van der Waals surface area (Å²) in [4.78, 5) is 1.37. The van der Waals surface area contributed by atoms with Gasteiger partial charge in [0.15, 0.2) is 0 Å². The Morgan fingerprint density at radius 2 is 1.48 bits per heavy atom. The lowest BCUT2D eigenvalue weighted by atomic mass is 9.70. The molecule has 0 amide bonds. The van der Waals surface area contributed by atoms with E-state index >= 15 is 0 Å². The fraction of sp³-hybridized carbons (Fsp3) is 0.368. The Hall–Kier alpha value is -1.49. The van der Waals surface area contributed by atoms with Crippen LogP contribution in [0.25, 0.3) is 0 Å². The van der Waals surface area contributed by atoms with E-state index in [1.165, 1.54) is 16.0 Å². The zero-order chi connectivity index (χ0) is 16.4. The van der Waals surface area contributed by atoms with Crippen molar-refractivity contribution in [1.29, 1.82) is 0 Å². The first-order chi connectivity index (χ1) is 10.4. The molecule has 0 saturated heterocycles. The second kappa shape index (κ2) is 7.39. The monoisotopic (exact) mass is 334 g/mol. The van der Waals surface area contributed by atoms with E-state index in [2.05, 4.69) is 57.2 Å². The average Bonchev–Trinajstić information content (AvgIpc) is 2.48. The molecule has 2 aromatic rings. The first kappa shape index (κ1) is 19.6. The Labute approximate surface area is 142 Å². The van der Waals surface area contributed by atoms with Crippen LogP contribution in [0.15, 0.2) is 53.4 Å². The lowest BCUT2D eigenvalue weighted by Crippen LogP contribution is -2.36. The van der Waals surface area contributed by atoms with E-state index in [0.29, 0.717) is 5.75 Å². The fourth-order valence-corrected chi connectivity index (χ4v) is 4.88. The van der Waals surface area contributed by atoms with Crippen LogP contribution in [0.5, 0.6) is 5.75 Å². The number of phenols is 1. The van der Waals surface area contributed by atoms with Gasteiger partial charge in [-0.15, -0.1) is 11.8 Å². The lowest BCUT2D eigenvalue weighted by Gasteiger charge is -2.44. The van der Waals surface area contributed by atoms with Crippen LogP contribution in [0.2, 0.25) is 0 Å². The number of aliphatic hydroxyl groups is 1. The molecular formula is C19H26O3S. The number of rotatable bonds is 1. The van der Waals surface area contributed by atoms with Gasteiger partial charge in [0.25, 0.3) is 0 Å². The predicted molar refractivity (Wildman–Crippen MR) is 97.3 cm³/mol. The first-order valence-corrected chi connectivity index (χ1v) is 8.25. The van der Waals surface area contributed by atoms with Crippen molar-refractivity contribution in [2.75, 3.05) is 7.11 Å². The minimum Gasteiger partial charge on any atom is -0.508 e. The van der Waals surface area contributed by atoms with Crippen LogP contribution in [-0.2, 0) is 5.41 Å². The van der Waals surface area contributed by atoms with Gasteiger partial charge in [-0.05, 0) is 35.7 Å². The number of aromatic hydroxyl groups is 1. The summed E-state index contributed by atoms with van der Waals surface area (Å²) in [5.41, 5.74) is 2.67. The minimum absolute atomic E-state index is 0. The van der Waals surface area contributed by atoms with E-state index in [9.17, 15) is 5.11 Å².